The van der Waals surface area contributed by atoms with Crippen molar-refractivity contribution in [1.82, 2.24) is 19.5 Å². The molecule has 0 radical (unpaired) electrons. The summed E-state index contributed by atoms with van der Waals surface area (Å²) >= 11 is 0. The van der Waals surface area contributed by atoms with E-state index in [2.05, 4.69) is 27.2 Å². The summed E-state index contributed by atoms with van der Waals surface area (Å²) in [5.74, 6) is 0.278. The predicted octanol–water partition coefficient (Wildman–Crippen LogP) is 3.28. The number of aromatic nitrogens is 4. The van der Waals surface area contributed by atoms with Crippen LogP contribution in [0.25, 0.3) is 11.2 Å². The number of nitrogens with zero attached hydrogens (tertiary/aromatic N) is 4. The number of hydrogen-bond donors (Lipinski definition) is 3. The number of imidazole rings is 1. The van der Waals surface area contributed by atoms with Gasteiger partial charge in [-0.15, -0.1) is 0 Å². The molecule has 0 amide bonds. The Kier molecular flexibility index (Phi) is 9.18. The highest BCUT2D eigenvalue weighted by Gasteiger charge is 2.35. The monoisotopic (exact) mass is 498 g/mol. The van der Waals surface area contributed by atoms with Gasteiger partial charge in [0.1, 0.15) is 12.8 Å². The van der Waals surface area contributed by atoms with Crippen LogP contribution in [0.2, 0.25) is 0 Å². The van der Waals surface area contributed by atoms with Gasteiger partial charge in [-0.1, -0.05) is 51.1 Å². The van der Waals surface area contributed by atoms with Crippen LogP contribution >= 0.6 is 0 Å². The maximum atomic E-state index is 11.8. The number of nitrogen functional groups attached to an aromatic ring is 1. The third kappa shape index (κ3) is 7.14. The molecule has 11 nitrogen and oxygen atoms in total. The van der Waals surface area contributed by atoms with Gasteiger partial charge in [0.2, 0.25) is 5.95 Å². The van der Waals surface area contributed by atoms with Crippen LogP contribution in [0.1, 0.15) is 45.4 Å². The first-order valence-electron chi connectivity index (χ1n) is 11.9. The number of carboxylic acid groups (broad SMARTS) is 1. The zero-order valence-electron chi connectivity index (χ0n) is 21.0. The minimum Gasteiger partial charge on any atom is -0.481 e. The van der Waals surface area contributed by atoms with E-state index < -0.39 is 5.97 Å². The molecular formula is C25H34N6O5. The van der Waals surface area contributed by atoms with Gasteiger partial charge in [0, 0.05) is 19.4 Å². The van der Waals surface area contributed by atoms with Crippen LogP contribution in [0, 0.1) is 11.8 Å². The average molecular weight is 499 g/mol. The van der Waals surface area contributed by atoms with Gasteiger partial charge in [0.25, 0.3) is 0 Å². The molecule has 0 spiro atoms. The molecule has 3 heterocycles. The second-order valence-electron chi connectivity index (χ2n) is 9.20. The van der Waals surface area contributed by atoms with E-state index in [4.69, 9.17) is 20.3 Å². The molecule has 36 heavy (non-hydrogen) atoms. The summed E-state index contributed by atoms with van der Waals surface area (Å²) in [5, 5.41) is 11.3. The number of rotatable bonds is 8. The van der Waals surface area contributed by atoms with Crippen LogP contribution in [0.15, 0.2) is 36.7 Å². The lowest BCUT2D eigenvalue weighted by Gasteiger charge is -2.18. The first-order chi connectivity index (χ1) is 17.2. The van der Waals surface area contributed by atoms with Gasteiger partial charge in [0.15, 0.2) is 17.0 Å². The first-order valence-corrected chi connectivity index (χ1v) is 11.9. The number of carbonyl (C=O) groups is 2. The second-order valence-corrected chi connectivity index (χ2v) is 9.20. The fraction of sp³-hybridized carbons (Fsp3) is 0.480. The lowest BCUT2D eigenvalue weighted by molar-refractivity contribution is -0.149. The van der Waals surface area contributed by atoms with Gasteiger partial charge >= 0.3 is 11.9 Å². The van der Waals surface area contributed by atoms with Gasteiger partial charge < -0.3 is 25.6 Å². The molecule has 4 N–H and O–H groups in total. The Hall–Kier alpha value is -3.73. The summed E-state index contributed by atoms with van der Waals surface area (Å²) in [6.45, 7) is 6.33. The number of esters is 1. The van der Waals surface area contributed by atoms with E-state index >= 15 is 0 Å². The van der Waals surface area contributed by atoms with Crippen molar-refractivity contribution in [2.75, 3.05) is 24.7 Å². The predicted molar refractivity (Wildman–Crippen MR) is 135 cm³/mol. The lowest BCUT2D eigenvalue weighted by atomic mass is 10.1. The highest BCUT2D eigenvalue weighted by atomic mass is 16.6. The van der Waals surface area contributed by atoms with Crippen molar-refractivity contribution in [3.8, 4) is 0 Å². The molecule has 1 aliphatic rings. The summed E-state index contributed by atoms with van der Waals surface area (Å²) in [5.41, 5.74) is 7.91. The van der Waals surface area contributed by atoms with Gasteiger partial charge in [-0.25, -0.2) is 4.98 Å². The molecule has 11 heteroatoms. The van der Waals surface area contributed by atoms with E-state index in [1.807, 2.05) is 36.6 Å². The van der Waals surface area contributed by atoms with Gasteiger partial charge in [-0.3, -0.25) is 14.2 Å². The van der Waals surface area contributed by atoms with Gasteiger partial charge in [-0.05, 0) is 17.9 Å². The maximum absolute atomic E-state index is 11.8. The maximum Gasteiger partial charge on any atom is 0.307 e. The van der Waals surface area contributed by atoms with Crippen molar-refractivity contribution in [2.45, 2.75) is 52.4 Å². The van der Waals surface area contributed by atoms with Crippen LogP contribution in [-0.4, -0.2) is 56.3 Å². The standard InChI is InChI=1S/C17H26N6O3.C8H8O2/c1-9(2)5-12(24)25-7-11-6-10(3)16(26-11)23-8-20-13-14(19-4)21-17(18)22-15(13)23;9-8(10)6-7-4-2-1-3-5-7/h8-11,16H,5-7H2,1-4H3,(H3,18,19,21,22);1-5H,6H2,(H,9,10). The molecular weight excluding hydrogens is 464 g/mol. The van der Waals surface area contributed by atoms with E-state index in [-0.39, 0.29) is 49.1 Å². The van der Waals surface area contributed by atoms with Crippen molar-refractivity contribution in [3.63, 3.8) is 0 Å². The van der Waals surface area contributed by atoms with Crippen LogP contribution in [0.5, 0.6) is 0 Å². The van der Waals surface area contributed by atoms with Crippen LogP contribution in [0.4, 0.5) is 11.8 Å². The smallest absolute Gasteiger partial charge is 0.307 e. The van der Waals surface area contributed by atoms with Crippen molar-refractivity contribution >= 4 is 34.9 Å². The van der Waals surface area contributed by atoms with Crippen LogP contribution in [-0.2, 0) is 25.5 Å². The van der Waals surface area contributed by atoms with Crippen molar-refractivity contribution in [1.29, 1.82) is 0 Å². The van der Waals surface area contributed by atoms with Crippen LogP contribution in [0.3, 0.4) is 0 Å². The second kappa shape index (κ2) is 12.3. The topological polar surface area (TPSA) is 154 Å². The van der Waals surface area contributed by atoms with E-state index in [0.717, 1.165) is 12.0 Å². The van der Waals surface area contributed by atoms with Gasteiger partial charge in [0.05, 0.1) is 18.9 Å². The Bertz CT molecular complexity index is 1170. The third-order valence-corrected chi connectivity index (χ3v) is 5.61. The Morgan fingerprint density at radius 3 is 2.64 bits per heavy atom. The van der Waals surface area contributed by atoms with E-state index in [9.17, 15) is 9.59 Å². The minimum atomic E-state index is -0.786. The zero-order valence-corrected chi connectivity index (χ0v) is 21.0. The molecule has 1 saturated heterocycles. The van der Waals surface area contributed by atoms with Crippen molar-refractivity contribution in [2.24, 2.45) is 11.8 Å². The zero-order chi connectivity index (χ0) is 26.2. The molecule has 3 atom stereocenters. The number of nitrogens with one attached hydrogen (secondary N) is 1. The average Bonchev–Trinajstić information content (AvgIpc) is 3.40. The number of hydrogen-bond acceptors (Lipinski definition) is 9. The Morgan fingerprint density at radius 2 is 2.00 bits per heavy atom. The molecule has 1 fully saturated rings. The molecule has 1 aromatic carbocycles. The van der Waals surface area contributed by atoms with Crippen LogP contribution < -0.4 is 11.1 Å². The SMILES string of the molecule is CNc1nc(N)nc2c1ncn2C1OC(COC(=O)CC(C)C)CC1C.O=C(O)Cc1ccccc1. The van der Waals surface area contributed by atoms with Crippen molar-refractivity contribution in [3.05, 3.63) is 42.2 Å². The fourth-order valence-electron chi connectivity index (χ4n) is 4.01. The molecule has 0 aliphatic carbocycles. The number of carboxylic acids is 1. The number of nitrogens with two attached hydrogens (primary N) is 1. The lowest BCUT2D eigenvalue weighted by Crippen LogP contribution is -2.20. The molecule has 2 aromatic heterocycles. The summed E-state index contributed by atoms with van der Waals surface area (Å²) in [6.07, 6.45) is 2.62. The molecule has 0 bridgehead atoms. The number of benzene rings is 1. The normalized spacial score (nSPS) is 19.1. The fourth-order valence-corrected chi connectivity index (χ4v) is 4.01. The molecule has 3 unspecified atom stereocenters. The van der Waals surface area contributed by atoms with E-state index in [0.29, 0.717) is 23.4 Å². The summed E-state index contributed by atoms with van der Waals surface area (Å²) in [4.78, 5) is 34.8. The quantitative estimate of drug-likeness (QED) is 0.394. The highest BCUT2D eigenvalue weighted by Crippen LogP contribution is 2.36. The Morgan fingerprint density at radius 1 is 1.28 bits per heavy atom. The van der Waals surface area contributed by atoms with Gasteiger partial charge in [-0.2, -0.15) is 9.97 Å². The molecule has 1 aliphatic heterocycles. The van der Waals surface area contributed by atoms with E-state index in [1.54, 1.807) is 25.5 Å². The van der Waals surface area contributed by atoms with E-state index in [1.165, 1.54) is 0 Å². The summed E-state index contributed by atoms with van der Waals surface area (Å²) in [7, 11) is 1.76. The summed E-state index contributed by atoms with van der Waals surface area (Å²) in [6, 6.07) is 9.13. The molecule has 4 rings (SSSR count). The Labute approximate surface area is 210 Å². The number of anilines is 2. The largest absolute Gasteiger partial charge is 0.481 e. The number of fused-ring (bicyclic) bond motifs is 1. The Balaban J connectivity index is 0.000000303. The van der Waals surface area contributed by atoms with Crippen molar-refractivity contribution < 1.29 is 24.2 Å². The highest BCUT2D eigenvalue weighted by molar-refractivity contribution is 5.84. The number of aliphatic carboxylic acids is 1. The first kappa shape index (κ1) is 26.9. The third-order valence-electron chi connectivity index (χ3n) is 5.61. The molecule has 194 valence electrons. The summed E-state index contributed by atoms with van der Waals surface area (Å²) < 4.78 is 13.3. The minimum absolute atomic E-state index is 0.112. The number of ether oxygens (including phenoxy) is 2. The molecule has 3 aromatic rings. The molecule has 0 saturated carbocycles. The number of carbonyl (C=O) groups excluding carboxylic acids is 1.